The fraction of sp³-hybridized carbons (Fsp3) is 0.294. The highest BCUT2D eigenvalue weighted by Crippen LogP contribution is 2.27. The van der Waals surface area contributed by atoms with Gasteiger partial charge in [-0.15, -0.1) is 0 Å². The molecular formula is C17H18FN. The van der Waals surface area contributed by atoms with Crippen molar-refractivity contribution < 1.29 is 4.39 Å². The summed E-state index contributed by atoms with van der Waals surface area (Å²) in [6.07, 6.45) is 2.49. The van der Waals surface area contributed by atoms with Crippen molar-refractivity contribution >= 4 is 0 Å². The lowest BCUT2D eigenvalue weighted by Crippen LogP contribution is -2.16. The number of rotatable bonds is 4. The summed E-state index contributed by atoms with van der Waals surface area (Å²) >= 11 is 0. The summed E-state index contributed by atoms with van der Waals surface area (Å²) in [5.41, 5.74) is 4.55. The first-order valence-corrected chi connectivity index (χ1v) is 6.81. The highest BCUT2D eigenvalue weighted by atomic mass is 19.1. The summed E-state index contributed by atoms with van der Waals surface area (Å²) in [6.45, 7) is 2.82. The third-order valence-corrected chi connectivity index (χ3v) is 3.55. The number of hydrogen-bond acceptors (Lipinski definition) is 1. The van der Waals surface area contributed by atoms with E-state index >= 15 is 0 Å². The third kappa shape index (κ3) is 3.02. The number of nitrogens with one attached hydrogen (secondary N) is 1. The van der Waals surface area contributed by atoms with Crippen LogP contribution < -0.4 is 5.32 Å². The average molecular weight is 255 g/mol. The Morgan fingerprint density at radius 1 is 1.16 bits per heavy atom. The van der Waals surface area contributed by atoms with E-state index in [-0.39, 0.29) is 5.82 Å². The van der Waals surface area contributed by atoms with E-state index in [2.05, 4.69) is 30.4 Å². The summed E-state index contributed by atoms with van der Waals surface area (Å²) in [7, 11) is 0. The van der Waals surface area contributed by atoms with Gasteiger partial charge in [0.2, 0.25) is 0 Å². The van der Waals surface area contributed by atoms with Crippen LogP contribution in [0.15, 0.2) is 42.5 Å². The zero-order valence-corrected chi connectivity index (χ0v) is 11.1. The van der Waals surface area contributed by atoms with Crippen LogP contribution in [-0.2, 0) is 6.54 Å². The predicted molar refractivity (Wildman–Crippen MR) is 76.4 cm³/mol. The number of aryl methyl sites for hydroxylation is 1. The lowest BCUT2D eigenvalue weighted by molar-refractivity contribution is 0.620. The van der Waals surface area contributed by atoms with Crippen molar-refractivity contribution in [1.82, 2.24) is 5.32 Å². The van der Waals surface area contributed by atoms with Crippen molar-refractivity contribution in [3.8, 4) is 11.1 Å². The molecule has 0 atom stereocenters. The van der Waals surface area contributed by atoms with Gasteiger partial charge in [0, 0.05) is 12.6 Å². The molecule has 0 aliphatic heterocycles. The Morgan fingerprint density at radius 2 is 2.00 bits per heavy atom. The minimum Gasteiger partial charge on any atom is -0.310 e. The summed E-state index contributed by atoms with van der Waals surface area (Å²) in [5, 5.41) is 3.46. The zero-order chi connectivity index (χ0) is 13.2. The Labute approximate surface area is 113 Å². The van der Waals surface area contributed by atoms with Crippen molar-refractivity contribution in [1.29, 1.82) is 0 Å². The molecule has 98 valence electrons. The van der Waals surface area contributed by atoms with Crippen LogP contribution in [0.3, 0.4) is 0 Å². The van der Waals surface area contributed by atoms with Crippen LogP contribution in [-0.4, -0.2) is 6.04 Å². The molecule has 0 radical (unpaired) electrons. The Hall–Kier alpha value is -1.67. The second kappa shape index (κ2) is 5.14. The van der Waals surface area contributed by atoms with Gasteiger partial charge in [0.25, 0.3) is 0 Å². The minimum atomic E-state index is -0.163. The highest BCUT2D eigenvalue weighted by molar-refractivity contribution is 5.68. The Morgan fingerprint density at radius 3 is 2.74 bits per heavy atom. The molecule has 2 heteroatoms. The standard InChI is InChI=1S/C17H18FN/c1-12-3-2-4-13(9-12)17-8-5-15(18)10-14(17)11-19-16-6-7-16/h2-5,8-10,16,19H,6-7,11H2,1H3. The second-order valence-electron chi connectivity index (χ2n) is 5.33. The molecule has 0 amide bonds. The SMILES string of the molecule is Cc1cccc(-c2ccc(F)cc2CNC2CC2)c1. The molecule has 0 bridgehead atoms. The molecule has 1 nitrogen and oxygen atoms in total. The highest BCUT2D eigenvalue weighted by Gasteiger charge is 2.20. The van der Waals surface area contributed by atoms with E-state index < -0.39 is 0 Å². The van der Waals surface area contributed by atoms with Gasteiger partial charge < -0.3 is 5.32 Å². The van der Waals surface area contributed by atoms with Gasteiger partial charge in [-0.1, -0.05) is 35.9 Å². The lowest BCUT2D eigenvalue weighted by Gasteiger charge is -2.11. The van der Waals surface area contributed by atoms with Gasteiger partial charge in [-0.2, -0.15) is 0 Å². The summed E-state index contributed by atoms with van der Waals surface area (Å²) < 4.78 is 13.5. The van der Waals surface area contributed by atoms with Crippen LogP contribution in [0.5, 0.6) is 0 Å². The van der Waals surface area contributed by atoms with Gasteiger partial charge in [-0.3, -0.25) is 0 Å². The van der Waals surface area contributed by atoms with Crippen LogP contribution in [0.1, 0.15) is 24.0 Å². The fourth-order valence-corrected chi connectivity index (χ4v) is 2.34. The molecule has 0 saturated heterocycles. The molecule has 0 aromatic heterocycles. The van der Waals surface area contributed by atoms with Crippen molar-refractivity contribution in [2.45, 2.75) is 32.4 Å². The van der Waals surface area contributed by atoms with Gasteiger partial charge in [0.15, 0.2) is 0 Å². The number of hydrogen-bond donors (Lipinski definition) is 1. The van der Waals surface area contributed by atoms with Gasteiger partial charge in [0.05, 0.1) is 0 Å². The number of benzene rings is 2. The van der Waals surface area contributed by atoms with Crippen LogP contribution in [0.4, 0.5) is 4.39 Å². The fourth-order valence-electron chi connectivity index (χ4n) is 2.34. The molecular weight excluding hydrogens is 237 g/mol. The topological polar surface area (TPSA) is 12.0 Å². The van der Waals surface area contributed by atoms with Crippen molar-refractivity contribution in [3.05, 3.63) is 59.4 Å². The smallest absolute Gasteiger partial charge is 0.123 e. The predicted octanol–water partition coefficient (Wildman–Crippen LogP) is 4.05. The first-order chi connectivity index (χ1) is 9.22. The Bertz CT molecular complexity index is 588. The molecule has 3 rings (SSSR count). The van der Waals surface area contributed by atoms with E-state index in [0.717, 1.165) is 23.2 Å². The van der Waals surface area contributed by atoms with Crippen LogP contribution >= 0.6 is 0 Å². The Kier molecular flexibility index (Phi) is 3.34. The molecule has 0 unspecified atom stereocenters. The molecule has 2 aromatic rings. The van der Waals surface area contributed by atoms with Crippen molar-refractivity contribution in [2.24, 2.45) is 0 Å². The van der Waals surface area contributed by atoms with Crippen molar-refractivity contribution in [3.63, 3.8) is 0 Å². The Balaban J connectivity index is 1.94. The normalized spacial score (nSPS) is 14.6. The summed E-state index contributed by atoms with van der Waals surface area (Å²) in [4.78, 5) is 0. The van der Waals surface area contributed by atoms with Gasteiger partial charge >= 0.3 is 0 Å². The largest absolute Gasteiger partial charge is 0.310 e. The maximum absolute atomic E-state index is 13.5. The average Bonchev–Trinajstić information content (AvgIpc) is 3.20. The van der Waals surface area contributed by atoms with E-state index in [4.69, 9.17) is 0 Å². The quantitative estimate of drug-likeness (QED) is 0.869. The summed E-state index contributed by atoms with van der Waals surface area (Å²) in [5.74, 6) is -0.163. The van der Waals surface area contributed by atoms with E-state index in [1.54, 1.807) is 6.07 Å². The van der Waals surface area contributed by atoms with E-state index in [9.17, 15) is 4.39 Å². The number of halogens is 1. The van der Waals surface area contributed by atoms with Crippen LogP contribution in [0, 0.1) is 12.7 Å². The maximum atomic E-state index is 13.5. The second-order valence-corrected chi connectivity index (χ2v) is 5.33. The minimum absolute atomic E-state index is 0.163. The van der Waals surface area contributed by atoms with Crippen molar-refractivity contribution in [2.75, 3.05) is 0 Å². The molecule has 19 heavy (non-hydrogen) atoms. The van der Waals surface area contributed by atoms with E-state index in [1.165, 1.54) is 24.5 Å². The van der Waals surface area contributed by atoms with Gasteiger partial charge in [-0.05, 0) is 48.6 Å². The first kappa shape index (κ1) is 12.4. The monoisotopic (exact) mass is 255 g/mol. The molecule has 1 aliphatic carbocycles. The van der Waals surface area contributed by atoms with Crippen LogP contribution in [0.25, 0.3) is 11.1 Å². The molecule has 0 spiro atoms. The molecule has 2 aromatic carbocycles. The van der Waals surface area contributed by atoms with Gasteiger partial charge in [-0.25, -0.2) is 4.39 Å². The lowest BCUT2D eigenvalue weighted by atomic mass is 9.98. The molecule has 0 heterocycles. The molecule has 1 saturated carbocycles. The van der Waals surface area contributed by atoms with Gasteiger partial charge in [0.1, 0.15) is 5.82 Å². The zero-order valence-electron chi connectivity index (χ0n) is 11.1. The maximum Gasteiger partial charge on any atom is 0.123 e. The van der Waals surface area contributed by atoms with E-state index in [1.807, 2.05) is 12.1 Å². The molecule has 1 fully saturated rings. The van der Waals surface area contributed by atoms with Crippen LogP contribution in [0.2, 0.25) is 0 Å². The first-order valence-electron chi connectivity index (χ1n) is 6.81. The molecule has 1 aliphatic rings. The molecule has 1 N–H and O–H groups in total. The summed E-state index contributed by atoms with van der Waals surface area (Å²) in [6, 6.07) is 14.1. The van der Waals surface area contributed by atoms with E-state index in [0.29, 0.717) is 6.04 Å². The third-order valence-electron chi connectivity index (χ3n) is 3.55.